The second-order valence-corrected chi connectivity index (χ2v) is 9.38. The number of halogens is 3. The van der Waals surface area contributed by atoms with Gasteiger partial charge >= 0.3 is 12.1 Å². The average molecular weight is 474 g/mol. The fourth-order valence-corrected chi connectivity index (χ4v) is 3.95. The lowest BCUT2D eigenvalue weighted by atomic mass is 10.0. The number of nitrogens with zero attached hydrogens (tertiary/aromatic N) is 1. The van der Waals surface area contributed by atoms with Gasteiger partial charge in [0.05, 0.1) is 29.8 Å². The van der Waals surface area contributed by atoms with Gasteiger partial charge in [-0.3, -0.25) is 0 Å². The van der Waals surface area contributed by atoms with E-state index >= 15 is 0 Å². The van der Waals surface area contributed by atoms with Gasteiger partial charge < -0.3 is 9.47 Å². The van der Waals surface area contributed by atoms with Gasteiger partial charge in [0.1, 0.15) is 0 Å². The molecule has 0 unspecified atom stereocenters. The van der Waals surface area contributed by atoms with Crippen LogP contribution in [0, 0.1) is 0 Å². The van der Waals surface area contributed by atoms with Crippen LogP contribution in [-0.4, -0.2) is 51.6 Å². The molecule has 32 heavy (non-hydrogen) atoms. The van der Waals surface area contributed by atoms with Crippen molar-refractivity contribution in [1.29, 1.82) is 0 Å². The lowest BCUT2D eigenvalue weighted by Crippen LogP contribution is -2.30. The number of rotatable bonds is 9. The molecular formula is C22H26F3NO5S. The van der Waals surface area contributed by atoms with Gasteiger partial charge in [-0.2, -0.15) is 17.5 Å². The number of esters is 1. The summed E-state index contributed by atoms with van der Waals surface area (Å²) in [7, 11) is -2.83. The van der Waals surface area contributed by atoms with Gasteiger partial charge in [-0.05, 0) is 50.1 Å². The number of hydrogen-bond donors (Lipinski definition) is 0. The van der Waals surface area contributed by atoms with Crippen molar-refractivity contribution in [3.63, 3.8) is 0 Å². The lowest BCUT2D eigenvalue weighted by molar-refractivity contribution is -0.138. The Kier molecular flexibility index (Phi) is 8.44. The zero-order valence-electron chi connectivity index (χ0n) is 18.3. The Morgan fingerprint density at radius 3 is 2.44 bits per heavy atom. The number of likely N-dealkylation sites (N-methyl/N-ethyl adjacent to an activating group) is 1. The Bertz CT molecular complexity index is 1040. The molecule has 1 aliphatic rings. The monoisotopic (exact) mass is 473 g/mol. The zero-order valence-corrected chi connectivity index (χ0v) is 19.1. The normalized spacial score (nSPS) is 17.8. The van der Waals surface area contributed by atoms with E-state index in [1.165, 1.54) is 25.3 Å². The molecule has 0 aromatic heterocycles. The second-order valence-electron chi connectivity index (χ2n) is 7.33. The van der Waals surface area contributed by atoms with Gasteiger partial charge in [0.2, 0.25) is 10.0 Å². The third-order valence-electron chi connectivity index (χ3n) is 4.63. The molecule has 1 saturated heterocycles. The number of ether oxygens (including phenoxy) is 2. The van der Waals surface area contributed by atoms with Crippen molar-refractivity contribution in [3.05, 3.63) is 59.2 Å². The van der Waals surface area contributed by atoms with Crippen molar-refractivity contribution in [3.8, 4) is 0 Å². The van der Waals surface area contributed by atoms with Crippen LogP contribution in [0.1, 0.15) is 31.9 Å². The number of epoxide rings is 1. The summed E-state index contributed by atoms with van der Waals surface area (Å²) in [6, 6.07) is 2.77. The number of allylic oxidation sites excluding steroid dienone is 5. The fraction of sp³-hybridized carbons (Fsp3) is 0.409. The van der Waals surface area contributed by atoms with E-state index in [0.717, 1.165) is 10.4 Å². The van der Waals surface area contributed by atoms with Crippen LogP contribution in [-0.2, 0) is 30.5 Å². The van der Waals surface area contributed by atoms with Crippen LogP contribution in [0.3, 0.4) is 0 Å². The Hall–Kier alpha value is -2.43. The van der Waals surface area contributed by atoms with E-state index in [1.807, 2.05) is 0 Å². The first-order valence-corrected chi connectivity index (χ1v) is 11.3. The van der Waals surface area contributed by atoms with E-state index in [0.29, 0.717) is 23.8 Å². The first-order valence-electron chi connectivity index (χ1n) is 9.85. The highest BCUT2D eigenvalue weighted by molar-refractivity contribution is 7.89. The van der Waals surface area contributed by atoms with E-state index in [2.05, 4.69) is 0 Å². The van der Waals surface area contributed by atoms with Crippen LogP contribution in [0.5, 0.6) is 0 Å². The molecule has 0 spiro atoms. The largest absolute Gasteiger partial charge is 0.463 e. The quantitative estimate of drug-likeness (QED) is 0.233. The summed E-state index contributed by atoms with van der Waals surface area (Å²) in [5.74, 6) is -0.505. The number of carbonyl (C=O) groups excluding carboxylic acids is 1. The molecule has 0 radical (unpaired) electrons. The minimum atomic E-state index is -4.72. The molecule has 0 amide bonds. The summed E-state index contributed by atoms with van der Waals surface area (Å²) in [5, 5.41) is 0. The highest BCUT2D eigenvalue weighted by atomic mass is 32.2. The minimum Gasteiger partial charge on any atom is -0.463 e. The lowest BCUT2D eigenvalue weighted by Gasteiger charge is -2.18. The van der Waals surface area contributed by atoms with Crippen molar-refractivity contribution >= 4 is 21.6 Å². The molecular weight excluding hydrogens is 447 g/mol. The van der Waals surface area contributed by atoms with E-state index in [9.17, 15) is 26.4 Å². The zero-order chi connectivity index (χ0) is 24.1. The van der Waals surface area contributed by atoms with Gasteiger partial charge in [-0.25, -0.2) is 13.2 Å². The van der Waals surface area contributed by atoms with E-state index in [4.69, 9.17) is 9.47 Å². The second kappa shape index (κ2) is 10.5. The first kappa shape index (κ1) is 25.8. The van der Waals surface area contributed by atoms with E-state index < -0.39 is 32.6 Å². The molecule has 10 heteroatoms. The van der Waals surface area contributed by atoms with E-state index in [1.54, 1.807) is 32.9 Å². The topological polar surface area (TPSA) is 76.2 Å². The molecule has 176 valence electrons. The summed E-state index contributed by atoms with van der Waals surface area (Å²) in [5.41, 5.74) is 0.138. The molecule has 1 heterocycles. The highest BCUT2D eigenvalue weighted by Gasteiger charge is 2.35. The van der Waals surface area contributed by atoms with E-state index in [-0.39, 0.29) is 24.8 Å². The fourth-order valence-electron chi connectivity index (χ4n) is 2.68. The minimum absolute atomic E-state index is 0.0669. The highest BCUT2D eigenvalue weighted by Crippen LogP contribution is 2.34. The molecule has 0 saturated carbocycles. The number of benzene rings is 1. The van der Waals surface area contributed by atoms with Crippen molar-refractivity contribution in [2.24, 2.45) is 0 Å². The Morgan fingerprint density at radius 1 is 1.22 bits per heavy atom. The number of alkyl halides is 3. The molecule has 1 atom stereocenters. The third kappa shape index (κ3) is 7.32. The molecule has 1 aromatic carbocycles. The molecule has 1 fully saturated rings. The summed E-state index contributed by atoms with van der Waals surface area (Å²) < 4.78 is 76.8. The van der Waals surface area contributed by atoms with Gasteiger partial charge in [0, 0.05) is 19.7 Å². The van der Waals surface area contributed by atoms with Crippen molar-refractivity contribution in [2.45, 2.75) is 37.9 Å². The van der Waals surface area contributed by atoms with Gasteiger partial charge in [0.15, 0.2) is 0 Å². The van der Waals surface area contributed by atoms with Gasteiger partial charge in [-0.15, -0.1) is 0 Å². The number of carbonyl (C=O) groups is 1. The smallest absolute Gasteiger partial charge is 0.416 e. The van der Waals surface area contributed by atoms with Gasteiger partial charge in [-0.1, -0.05) is 23.8 Å². The average Bonchev–Trinajstić information content (AvgIpc) is 3.53. The molecule has 1 aromatic rings. The van der Waals surface area contributed by atoms with Crippen molar-refractivity contribution in [2.75, 3.05) is 26.8 Å². The van der Waals surface area contributed by atoms with Crippen LogP contribution >= 0.6 is 0 Å². The summed E-state index contributed by atoms with van der Waals surface area (Å²) in [6.07, 6.45) is 0.963. The standard InChI is InChI=1S/C22H26F3NO5S/c1-5-30-21(27)9-7-15(2)6-8-16(3)17-10-18(22(23,24)25)12-20(11-17)32(28,29)26(4)13-19-14-31-19/h6-12,19H,5,13-14H2,1-4H3/b9-7+,15-6+,16-8+/t19-/m0/s1. The van der Waals surface area contributed by atoms with Crippen molar-refractivity contribution in [1.82, 2.24) is 4.31 Å². The summed E-state index contributed by atoms with van der Waals surface area (Å²) in [4.78, 5) is 10.9. The number of sulfonamides is 1. The van der Waals surface area contributed by atoms with Crippen LogP contribution in [0.2, 0.25) is 0 Å². The molecule has 0 N–H and O–H groups in total. The number of hydrogen-bond acceptors (Lipinski definition) is 5. The van der Waals surface area contributed by atoms with Crippen LogP contribution in [0.25, 0.3) is 5.57 Å². The predicted octanol–water partition coefficient (Wildman–Crippen LogP) is 4.19. The third-order valence-corrected chi connectivity index (χ3v) is 6.43. The summed E-state index contributed by atoms with van der Waals surface area (Å²) >= 11 is 0. The SMILES string of the molecule is CCOC(=O)/C=C/C(C)=C/C=C(\C)c1cc(C(F)(F)F)cc(S(=O)(=O)N(C)C[C@H]2CO2)c1. The van der Waals surface area contributed by atoms with Crippen LogP contribution < -0.4 is 0 Å². The Morgan fingerprint density at radius 2 is 1.88 bits per heavy atom. The molecule has 6 nitrogen and oxygen atoms in total. The predicted molar refractivity (Wildman–Crippen MR) is 114 cm³/mol. The maximum atomic E-state index is 13.5. The Labute approximate surface area is 186 Å². The molecule has 0 bridgehead atoms. The maximum absolute atomic E-state index is 13.5. The maximum Gasteiger partial charge on any atom is 0.416 e. The molecule has 1 aliphatic heterocycles. The molecule has 0 aliphatic carbocycles. The Balaban J connectivity index is 2.39. The summed E-state index contributed by atoms with van der Waals surface area (Å²) in [6.45, 7) is 5.70. The first-order chi connectivity index (χ1) is 14.8. The molecule has 2 rings (SSSR count). The van der Waals surface area contributed by atoms with Gasteiger partial charge in [0.25, 0.3) is 0 Å². The van der Waals surface area contributed by atoms with Crippen LogP contribution in [0.4, 0.5) is 13.2 Å². The van der Waals surface area contributed by atoms with Crippen LogP contribution in [0.15, 0.2) is 53.0 Å². The van der Waals surface area contributed by atoms with Crippen molar-refractivity contribution < 1.29 is 35.9 Å².